The van der Waals surface area contributed by atoms with Crippen molar-refractivity contribution < 1.29 is 0 Å². The Balaban J connectivity index is 0.865. The number of anilines is 3. The molecular formula is C56H49N5. The van der Waals surface area contributed by atoms with E-state index in [2.05, 4.69) is 192 Å². The van der Waals surface area contributed by atoms with Gasteiger partial charge in [-0.25, -0.2) is 9.98 Å². The van der Waals surface area contributed by atoms with Crippen molar-refractivity contribution in [3.05, 3.63) is 199 Å². The first-order chi connectivity index (χ1) is 30.1. The average Bonchev–Trinajstić information content (AvgIpc) is 3.69. The Morgan fingerprint density at radius 3 is 1.82 bits per heavy atom. The van der Waals surface area contributed by atoms with E-state index in [-0.39, 0.29) is 6.17 Å². The van der Waals surface area contributed by atoms with Gasteiger partial charge in [0, 0.05) is 28.2 Å². The molecule has 3 fully saturated rings. The van der Waals surface area contributed by atoms with Gasteiger partial charge in [-0.05, 0) is 101 Å². The van der Waals surface area contributed by atoms with E-state index in [1.165, 1.54) is 58.6 Å². The Bertz CT molecular complexity index is 2760. The van der Waals surface area contributed by atoms with Crippen LogP contribution >= 0.6 is 0 Å². The molecule has 7 aromatic carbocycles. The van der Waals surface area contributed by atoms with Gasteiger partial charge in [-0.2, -0.15) is 0 Å². The minimum absolute atomic E-state index is 0.275. The number of fused-ring (bicyclic) bond motifs is 1. The maximum absolute atomic E-state index is 5.21. The van der Waals surface area contributed by atoms with Crippen LogP contribution in [0.4, 0.5) is 17.1 Å². The third-order valence-corrected chi connectivity index (χ3v) is 14.5. The van der Waals surface area contributed by atoms with E-state index >= 15 is 0 Å². The van der Waals surface area contributed by atoms with Crippen molar-refractivity contribution in [1.82, 2.24) is 5.32 Å². The molecule has 7 atom stereocenters. The second-order valence-corrected chi connectivity index (χ2v) is 18.0. The summed E-state index contributed by atoms with van der Waals surface area (Å²) in [4.78, 5) is 13.1. The number of nitrogens with one attached hydrogen (secondary N) is 2. The molecule has 7 unspecified atom stereocenters. The number of amidine groups is 2. The molecule has 0 radical (unpaired) electrons. The van der Waals surface area contributed by atoms with Crippen LogP contribution in [0.2, 0.25) is 0 Å². The molecule has 2 N–H and O–H groups in total. The molecule has 0 saturated heterocycles. The standard InChI is InChI=1S/C56H49N5/c1-35-31-42-34-47-51(42)46(32-35)52(47)56-57-48-24-11-13-26-50(48)61(56)49-25-12-10-22-44(49)37-29-27-36(28-30-37)40-19-14-20-41(33-40)43-21-8-9-23-45(43)55-59-53(38-15-4-2-5-16-38)58-54(60-55)39-17-6-3-7-18-39/h2-30,33,35,42,46-47,51-52,55-57H,31-32,34H2,1H3,(H,58,59,60). The van der Waals surface area contributed by atoms with Crippen molar-refractivity contribution in [3.63, 3.8) is 0 Å². The molecule has 3 saturated carbocycles. The number of rotatable bonds is 8. The van der Waals surface area contributed by atoms with Crippen LogP contribution in [0.5, 0.6) is 0 Å². The Morgan fingerprint density at radius 2 is 1.07 bits per heavy atom. The molecule has 5 nitrogen and oxygen atoms in total. The maximum atomic E-state index is 5.21. The molecule has 2 heterocycles. The SMILES string of the molecule is CC1CC2CC3C2C(C1)C3C1Nc2ccccc2N1c1ccccc1-c1ccc(-c2cccc(-c3ccccc3C3N=C(c4ccccc4)NC(c4ccccc4)=N3)c2)cc1. The summed E-state index contributed by atoms with van der Waals surface area (Å²) in [5, 5.41) is 7.61. The topological polar surface area (TPSA) is 52.0 Å². The summed E-state index contributed by atoms with van der Waals surface area (Å²) in [6.07, 6.45) is 4.10. The van der Waals surface area contributed by atoms with Gasteiger partial charge in [0.25, 0.3) is 0 Å². The Morgan fingerprint density at radius 1 is 0.475 bits per heavy atom. The highest BCUT2D eigenvalue weighted by atomic mass is 15.3. The molecule has 0 bridgehead atoms. The Hall–Kier alpha value is -6.72. The molecule has 0 amide bonds. The van der Waals surface area contributed by atoms with E-state index in [1.807, 2.05) is 12.1 Å². The van der Waals surface area contributed by atoms with E-state index in [1.54, 1.807) is 0 Å². The monoisotopic (exact) mass is 791 g/mol. The Labute approximate surface area is 359 Å². The summed E-state index contributed by atoms with van der Waals surface area (Å²) in [5.74, 6) is 6.75. The van der Waals surface area contributed by atoms with E-state index in [0.717, 1.165) is 69.1 Å². The molecule has 61 heavy (non-hydrogen) atoms. The molecular weight excluding hydrogens is 743 g/mol. The number of benzene rings is 7. The van der Waals surface area contributed by atoms with E-state index < -0.39 is 6.17 Å². The molecule has 0 spiro atoms. The summed E-state index contributed by atoms with van der Waals surface area (Å²) >= 11 is 0. The molecule has 12 rings (SSSR count). The fraction of sp³-hybridized carbons (Fsp3) is 0.214. The first-order valence-corrected chi connectivity index (χ1v) is 22.2. The van der Waals surface area contributed by atoms with Gasteiger partial charge in [0.15, 0.2) is 6.17 Å². The van der Waals surface area contributed by atoms with E-state index in [9.17, 15) is 0 Å². The quantitative estimate of drug-likeness (QED) is 0.161. The molecule has 298 valence electrons. The van der Waals surface area contributed by atoms with Crippen LogP contribution in [0.25, 0.3) is 33.4 Å². The predicted molar refractivity (Wildman–Crippen MR) is 251 cm³/mol. The lowest BCUT2D eigenvalue weighted by molar-refractivity contribution is -0.193. The number of hydrogen-bond acceptors (Lipinski definition) is 5. The zero-order valence-corrected chi connectivity index (χ0v) is 34.4. The predicted octanol–water partition coefficient (Wildman–Crippen LogP) is 13.0. The summed E-state index contributed by atoms with van der Waals surface area (Å²) in [5.41, 5.74) is 14.1. The smallest absolute Gasteiger partial charge is 0.170 e. The summed E-state index contributed by atoms with van der Waals surface area (Å²) in [6.45, 7) is 2.49. The highest BCUT2D eigenvalue weighted by molar-refractivity contribution is 6.16. The fourth-order valence-corrected chi connectivity index (χ4v) is 11.9. The largest absolute Gasteiger partial charge is 0.363 e. The van der Waals surface area contributed by atoms with Crippen molar-refractivity contribution in [2.75, 3.05) is 10.2 Å². The van der Waals surface area contributed by atoms with Gasteiger partial charge in [0.1, 0.15) is 17.8 Å². The minimum Gasteiger partial charge on any atom is -0.363 e. The second kappa shape index (κ2) is 14.8. The summed E-state index contributed by atoms with van der Waals surface area (Å²) < 4.78 is 0. The number of para-hydroxylation sites is 3. The fourth-order valence-electron chi connectivity index (χ4n) is 11.9. The van der Waals surface area contributed by atoms with Gasteiger partial charge in [-0.3, -0.25) is 0 Å². The first-order valence-electron chi connectivity index (χ1n) is 22.2. The molecule has 0 aromatic heterocycles. The van der Waals surface area contributed by atoms with Crippen LogP contribution < -0.4 is 15.5 Å². The number of nitrogens with zero attached hydrogens (tertiary/aromatic N) is 3. The summed E-state index contributed by atoms with van der Waals surface area (Å²) in [6, 6.07) is 65.4. The normalized spacial score (nSPS) is 24.8. The summed E-state index contributed by atoms with van der Waals surface area (Å²) in [7, 11) is 0. The molecule has 5 aliphatic rings. The van der Waals surface area contributed by atoms with Crippen molar-refractivity contribution in [2.24, 2.45) is 45.5 Å². The average molecular weight is 792 g/mol. The molecule has 7 aromatic rings. The number of aliphatic imine (C=N–C) groups is 2. The van der Waals surface area contributed by atoms with Gasteiger partial charge in [0.2, 0.25) is 0 Å². The van der Waals surface area contributed by atoms with Crippen LogP contribution in [0.3, 0.4) is 0 Å². The highest BCUT2D eigenvalue weighted by Crippen LogP contribution is 2.69. The van der Waals surface area contributed by atoms with Gasteiger partial charge in [-0.15, -0.1) is 0 Å². The lowest BCUT2D eigenvalue weighted by atomic mass is 9.37. The Kier molecular flexibility index (Phi) is 8.76. The third-order valence-electron chi connectivity index (χ3n) is 14.5. The lowest BCUT2D eigenvalue weighted by Crippen LogP contribution is -2.67. The highest BCUT2D eigenvalue weighted by Gasteiger charge is 2.65. The van der Waals surface area contributed by atoms with Gasteiger partial charge in [-0.1, -0.05) is 165 Å². The lowest BCUT2D eigenvalue weighted by Gasteiger charge is -2.69. The van der Waals surface area contributed by atoms with Crippen LogP contribution in [-0.4, -0.2) is 17.8 Å². The zero-order chi connectivity index (χ0) is 40.4. The minimum atomic E-state index is -0.411. The molecule has 5 heteroatoms. The van der Waals surface area contributed by atoms with Gasteiger partial charge in [0.05, 0.1) is 17.1 Å². The van der Waals surface area contributed by atoms with E-state index in [0.29, 0.717) is 5.92 Å². The van der Waals surface area contributed by atoms with Crippen molar-refractivity contribution >= 4 is 28.7 Å². The molecule has 2 aliphatic heterocycles. The van der Waals surface area contributed by atoms with Crippen LogP contribution in [0, 0.1) is 35.5 Å². The second-order valence-electron chi connectivity index (χ2n) is 18.0. The molecule has 3 aliphatic carbocycles. The maximum Gasteiger partial charge on any atom is 0.170 e. The third kappa shape index (κ3) is 6.20. The van der Waals surface area contributed by atoms with Crippen LogP contribution in [-0.2, 0) is 0 Å². The van der Waals surface area contributed by atoms with Crippen molar-refractivity contribution in [1.29, 1.82) is 0 Å². The van der Waals surface area contributed by atoms with Crippen molar-refractivity contribution in [2.45, 2.75) is 38.5 Å². The van der Waals surface area contributed by atoms with Crippen LogP contribution in [0.1, 0.15) is 49.0 Å². The van der Waals surface area contributed by atoms with Gasteiger partial charge < -0.3 is 15.5 Å². The van der Waals surface area contributed by atoms with E-state index in [4.69, 9.17) is 9.98 Å². The number of hydrogen-bond donors (Lipinski definition) is 2. The van der Waals surface area contributed by atoms with Gasteiger partial charge >= 0.3 is 0 Å². The van der Waals surface area contributed by atoms with Crippen molar-refractivity contribution in [3.8, 4) is 33.4 Å². The first kappa shape index (κ1) is 36.2. The van der Waals surface area contributed by atoms with Crippen LogP contribution in [0.15, 0.2) is 192 Å². The zero-order valence-electron chi connectivity index (χ0n) is 34.4.